The number of thiazole rings is 1. The Kier molecular flexibility index (Phi) is 3.86. The maximum atomic E-state index is 12.8. The van der Waals surface area contributed by atoms with Crippen LogP contribution < -0.4 is 11.1 Å². The van der Waals surface area contributed by atoms with E-state index >= 15 is 0 Å². The summed E-state index contributed by atoms with van der Waals surface area (Å²) >= 11 is 1.26. The van der Waals surface area contributed by atoms with Crippen molar-refractivity contribution in [2.45, 2.75) is 6.04 Å². The minimum Gasteiger partial charge on any atom is -0.368 e. The molecule has 0 bridgehead atoms. The van der Waals surface area contributed by atoms with Gasteiger partial charge in [-0.1, -0.05) is 12.1 Å². The van der Waals surface area contributed by atoms with Crippen LogP contribution in [0.3, 0.4) is 0 Å². The monoisotopic (exact) mass is 279 g/mol. The molecule has 98 valence electrons. The lowest BCUT2D eigenvalue weighted by Gasteiger charge is -2.15. The number of carbonyl (C=O) groups is 2. The maximum Gasteiger partial charge on any atom is 0.271 e. The minimum absolute atomic E-state index is 0.207. The Balaban J connectivity index is 2.19. The highest BCUT2D eigenvalue weighted by molar-refractivity contribution is 7.07. The van der Waals surface area contributed by atoms with Gasteiger partial charge in [-0.25, -0.2) is 9.37 Å². The number of nitrogens with one attached hydrogen (secondary N) is 1. The van der Waals surface area contributed by atoms with Gasteiger partial charge in [0.2, 0.25) is 5.91 Å². The standard InChI is InChI=1S/C12H10FN3O2S/c13-8-3-1-7(2-4-8)10(11(14)17)16-12(18)9-5-19-6-15-9/h1-6,10H,(H2,14,17)(H,16,18)/t10-/m0/s1. The predicted octanol–water partition coefficient (Wildman–Crippen LogP) is 1.24. The lowest BCUT2D eigenvalue weighted by molar-refractivity contribution is -0.120. The van der Waals surface area contributed by atoms with E-state index < -0.39 is 23.7 Å². The number of rotatable bonds is 4. The third-order valence-corrected chi connectivity index (χ3v) is 3.01. The molecule has 2 rings (SSSR count). The zero-order valence-corrected chi connectivity index (χ0v) is 10.5. The smallest absolute Gasteiger partial charge is 0.271 e. The summed E-state index contributed by atoms with van der Waals surface area (Å²) in [5, 5.41) is 4.02. The molecule has 0 aliphatic rings. The number of nitrogens with zero attached hydrogens (tertiary/aromatic N) is 1. The van der Waals surface area contributed by atoms with E-state index in [9.17, 15) is 14.0 Å². The molecule has 0 aliphatic heterocycles. The average molecular weight is 279 g/mol. The van der Waals surface area contributed by atoms with Crippen LogP contribution in [-0.4, -0.2) is 16.8 Å². The summed E-state index contributed by atoms with van der Waals surface area (Å²) in [5.74, 6) is -1.66. The first-order valence-electron chi connectivity index (χ1n) is 5.32. The van der Waals surface area contributed by atoms with Gasteiger partial charge in [-0.3, -0.25) is 9.59 Å². The van der Waals surface area contributed by atoms with Gasteiger partial charge >= 0.3 is 0 Å². The number of nitrogens with two attached hydrogens (primary N) is 1. The van der Waals surface area contributed by atoms with Crippen LogP contribution in [0.15, 0.2) is 35.2 Å². The van der Waals surface area contributed by atoms with Crippen LogP contribution in [0, 0.1) is 5.82 Å². The van der Waals surface area contributed by atoms with Crippen LogP contribution in [0.5, 0.6) is 0 Å². The van der Waals surface area contributed by atoms with E-state index in [0.29, 0.717) is 5.56 Å². The third-order valence-electron chi connectivity index (χ3n) is 2.43. The molecule has 2 amide bonds. The molecular weight excluding hydrogens is 269 g/mol. The number of aromatic nitrogens is 1. The molecule has 1 heterocycles. The van der Waals surface area contributed by atoms with Crippen molar-refractivity contribution < 1.29 is 14.0 Å². The summed E-state index contributed by atoms with van der Waals surface area (Å²) in [6.45, 7) is 0. The predicted molar refractivity (Wildman–Crippen MR) is 67.9 cm³/mol. The van der Waals surface area contributed by atoms with Crippen molar-refractivity contribution >= 4 is 23.2 Å². The second-order valence-corrected chi connectivity index (χ2v) is 4.45. The molecule has 0 unspecified atom stereocenters. The Morgan fingerprint density at radius 2 is 2.00 bits per heavy atom. The zero-order valence-electron chi connectivity index (χ0n) is 9.67. The molecule has 2 aromatic rings. The second-order valence-electron chi connectivity index (χ2n) is 3.73. The van der Waals surface area contributed by atoms with Gasteiger partial charge < -0.3 is 11.1 Å². The fourth-order valence-corrected chi connectivity index (χ4v) is 2.04. The van der Waals surface area contributed by atoms with Crippen molar-refractivity contribution in [1.82, 2.24) is 10.3 Å². The lowest BCUT2D eigenvalue weighted by Crippen LogP contribution is -2.37. The number of benzene rings is 1. The summed E-state index contributed by atoms with van der Waals surface area (Å²) < 4.78 is 12.8. The summed E-state index contributed by atoms with van der Waals surface area (Å²) in [4.78, 5) is 27.0. The van der Waals surface area contributed by atoms with E-state index in [4.69, 9.17) is 5.73 Å². The van der Waals surface area contributed by atoms with Gasteiger partial charge in [-0.15, -0.1) is 11.3 Å². The molecule has 1 atom stereocenters. The quantitative estimate of drug-likeness (QED) is 0.883. The van der Waals surface area contributed by atoms with Crippen molar-refractivity contribution in [3.63, 3.8) is 0 Å². The lowest BCUT2D eigenvalue weighted by atomic mass is 10.1. The number of carbonyl (C=O) groups excluding carboxylic acids is 2. The van der Waals surface area contributed by atoms with E-state index in [1.165, 1.54) is 41.1 Å². The van der Waals surface area contributed by atoms with Crippen molar-refractivity contribution in [2.75, 3.05) is 0 Å². The van der Waals surface area contributed by atoms with Gasteiger partial charge in [0, 0.05) is 5.38 Å². The van der Waals surface area contributed by atoms with Crippen LogP contribution in [0.1, 0.15) is 22.1 Å². The van der Waals surface area contributed by atoms with E-state index in [2.05, 4.69) is 10.3 Å². The molecule has 0 spiro atoms. The molecule has 7 heteroatoms. The van der Waals surface area contributed by atoms with E-state index in [1.54, 1.807) is 5.38 Å². The van der Waals surface area contributed by atoms with Gasteiger partial charge in [0.25, 0.3) is 5.91 Å². The number of hydrogen-bond donors (Lipinski definition) is 2. The Bertz CT molecular complexity index is 584. The van der Waals surface area contributed by atoms with Crippen molar-refractivity contribution in [3.8, 4) is 0 Å². The van der Waals surface area contributed by atoms with Crippen molar-refractivity contribution in [3.05, 3.63) is 52.2 Å². The minimum atomic E-state index is -1.02. The highest BCUT2D eigenvalue weighted by Gasteiger charge is 2.21. The largest absolute Gasteiger partial charge is 0.368 e. The normalized spacial score (nSPS) is 11.8. The van der Waals surface area contributed by atoms with Gasteiger partial charge in [0.1, 0.15) is 17.6 Å². The van der Waals surface area contributed by atoms with Crippen molar-refractivity contribution in [2.24, 2.45) is 5.73 Å². The summed E-state index contributed by atoms with van der Waals surface area (Å²) in [6.07, 6.45) is 0. The number of halogens is 1. The van der Waals surface area contributed by atoms with E-state index in [0.717, 1.165) is 0 Å². The zero-order chi connectivity index (χ0) is 13.8. The van der Waals surface area contributed by atoms with Crippen LogP contribution in [0.2, 0.25) is 0 Å². The fourth-order valence-electron chi connectivity index (χ4n) is 1.50. The van der Waals surface area contributed by atoms with E-state index in [1.807, 2.05) is 0 Å². The highest BCUT2D eigenvalue weighted by atomic mass is 32.1. The fraction of sp³-hybridized carbons (Fsp3) is 0.0833. The SMILES string of the molecule is NC(=O)[C@@H](NC(=O)c1cscn1)c1ccc(F)cc1. The summed E-state index contributed by atoms with van der Waals surface area (Å²) in [7, 11) is 0. The first kappa shape index (κ1) is 13.2. The first-order chi connectivity index (χ1) is 9.08. The molecule has 5 nitrogen and oxygen atoms in total. The molecule has 0 radical (unpaired) electrons. The molecule has 0 saturated heterocycles. The van der Waals surface area contributed by atoms with Crippen LogP contribution in [0.25, 0.3) is 0 Å². The molecule has 1 aromatic heterocycles. The number of hydrogen-bond acceptors (Lipinski definition) is 4. The van der Waals surface area contributed by atoms with Crippen LogP contribution in [-0.2, 0) is 4.79 Å². The highest BCUT2D eigenvalue weighted by Crippen LogP contribution is 2.14. The van der Waals surface area contributed by atoms with Gasteiger partial charge in [0.15, 0.2) is 0 Å². The average Bonchev–Trinajstić information content (AvgIpc) is 2.90. The molecule has 0 aliphatic carbocycles. The Labute approximate surface area is 112 Å². The Morgan fingerprint density at radius 1 is 1.32 bits per heavy atom. The second kappa shape index (κ2) is 5.57. The number of amides is 2. The first-order valence-corrected chi connectivity index (χ1v) is 6.26. The third kappa shape index (κ3) is 3.14. The Morgan fingerprint density at radius 3 is 2.53 bits per heavy atom. The van der Waals surface area contributed by atoms with Crippen LogP contribution >= 0.6 is 11.3 Å². The van der Waals surface area contributed by atoms with Gasteiger partial charge in [0.05, 0.1) is 5.51 Å². The van der Waals surface area contributed by atoms with Gasteiger partial charge in [-0.2, -0.15) is 0 Å². The topological polar surface area (TPSA) is 85.1 Å². The van der Waals surface area contributed by atoms with Crippen molar-refractivity contribution in [1.29, 1.82) is 0 Å². The van der Waals surface area contributed by atoms with Gasteiger partial charge in [-0.05, 0) is 17.7 Å². The van der Waals surface area contributed by atoms with E-state index in [-0.39, 0.29) is 5.69 Å². The molecule has 1 aromatic carbocycles. The Hall–Kier alpha value is -2.28. The van der Waals surface area contributed by atoms with Crippen LogP contribution in [0.4, 0.5) is 4.39 Å². The summed E-state index contributed by atoms with van der Waals surface area (Å²) in [5.41, 5.74) is 7.37. The summed E-state index contributed by atoms with van der Waals surface area (Å²) in [6, 6.07) is 4.16. The molecular formula is C12H10FN3O2S. The molecule has 19 heavy (non-hydrogen) atoms. The number of primary amides is 1. The molecule has 0 saturated carbocycles. The maximum absolute atomic E-state index is 12.8. The molecule has 3 N–H and O–H groups in total. The molecule has 0 fully saturated rings.